The highest BCUT2D eigenvalue weighted by atomic mass is 79.9. The van der Waals surface area contributed by atoms with E-state index in [2.05, 4.69) is 75.2 Å². The van der Waals surface area contributed by atoms with E-state index in [0.29, 0.717) is 0 Å². The normalized spacial score (nSPS) is 11.6. The minimum atomic E-state index is 0.0384. The molecular weight excluding hydrogens is 399 g/mol. The minimum absolute atomic E-state index is 0.0384. The van der Waals surface area contributed by atoms with E-state index in [1.807, 2.05) is 12.1 Å². The summed E-state index contributed by atoms with van der Waals surface area (Å²) in [5, 5.41) is 2.59. The first-order chi connectivity index (χ1) is 9.61. The number of aryl methyl sites for hydroxylation is 1. The van der Waals surface area contributed by atoms with Gasteiger partial charge in [0.15, 0.2) is 0 Å². The van der Waals surface area contributed by atoms with E-state index >= 15 is 0 Å². The maximum atomic E-state index is 6.01. The lowest BCUT2D eigenvalue weighted by atomic mass is 9.78. The second-order valence-corrected chi connectivity index (χ2v) is 6.72. The second kappa shape index (κ2) is 7.11. The topological polar surface area (TPSA) is 0 Å². The van der Waals surface area contributed by atoms with Crippen LogP contribution < -0.4 is 0 Å². The lowest BCUT2D eigenvalue weighted by molar-refractivity contribution is 0.549. The Morgan fingerprint density at radius 1 is 0.950 bits per heavy atom. The van der Waals surface area contributed by atoms with Crippen molar-refractivity contribution >= 4 is 43.5 Å². The second-order valence-electron chi connectivity index (χ2n) is 5.16. The van der Waals surface area contributed by atoms with Crippen LogP contribution in [0.5, 0.6) is 0 Å². The lowest BCUT2D eigenvalue weighted by Gasteiger charge is -2.31. The molecule has 0 N–H and O–H groups in total. The van der Waals surface area contributed by atoms with Crippen molar-refractivity contribution in [2.24, 2.45) is 0 Å². The Labute approximate surface area is 142 Å². The Morgan fingerprint density at radius 3 is 2.10 bits per heavy atom. The number of benzene rings is 2. The summed E-state index contributed by atoms with van der Waals surface area (Å²) in [4.78, 5) is 0. The van der Waals surface area contributed by atoms with Crippen LogP contribution in [0.1, 0.15) is 16.7 Å². The lowest BCUT2D eigenvalue weighted by Crippen LogP contribution is -2.33. The third-order valence-corrected chi connectivity index (χ3v) is 6.16. The quantitative estimate of drug-likeness (QED) is 0.531. The highest BCUT2D eigenvalue weighted by Crippen LogP contribution is 2.34. The molecule has 0 atom stereocenters. The van der Waals surface area contributed by atoms with Crippen LogP contribution in [0.2, 0.25) is 5.02 Å². The third kappa shape index (κ3) is 3.47. The van der Waals surface area contributed by atoms with Crippen molar-refractivity contribution in [1.82, 2.24) is 0 Å². The first kappa shape index (κ1) is 16.1. The van der Waals surface area contributed by atoms with Crippen LogP contribution in [0, 0.1) is 6.92 Å². The molecule has 2 aromatic rings. The standard InChI is InChI=1S/C17H17Br2Cl/c1-13-4-2-3-5-14(13)10-17(11-18,12-19)15-6-8-16(20)9-7-15/h2-9H,10-12H2,1H3. The van der Waals surface area contributed by atoms with Gasteiger partial charge < -0.3 is 0 Å². The van der Waals surface area contributed by atoms with Crippen LogP contribution in [0.25, 0.3) is 0 Å². The number of hydrogen-bond donors (Lipinski definition) is 0. The molecule has 0 aliphatic carbocycles. The molecule has 0 radical (unpaired) electrons. The molecule has 3 heteroatoms. The van der Waals surface area contributed by atoms with E-state index < -0.39 is 0 Å². The molecule has 0 spiro atoms. The van der Waals surface area contributed by atoms with Crippen LogP contribution in [-0.2, 0) is 11.8 Å². The van der Waals surface area contributed by atoms with Gasteiger partial charge in [-0.15, -0.1) is 0 Å². The van der Waals surface area contributed by atoms with Gasteiger partial charge in [0.1, 0.15) is 0 Å². The SMILES string of the molecule is Cc1ccccc1CC(CBr)(CBr)c1ccc(Cl)cc1. The van der Waals surface area contributed by atoms with E-state index in [1.165, 1.54) is 16.7 Å². The Bertz CT molecular complexity index is 559. The summed E-state index contributed by atoms with van der Waals surface area (Å²) in [6.07, 6.45) is 0.998. The molecule has 0 nitrogen and oxygen atoms in total. The zero-order valence-electron chi connectivity index (χ0n) is 11.4. The van der Waals surface area contributed by atoms with Crippen molar-refractivity contribution in [1.29, 1.82) is 0 Å². The van der Waals surface area contributed by atoms with Crippen molar-refractivity contribution in [3.8, 4) is 0 Å². The molecule has 106 valence electrons. The molecule has 0 aliphatic rings. The molecule has 0 fully saturated rings. The van der Waals surface area contributed by atoms with Gasteiger partial charge in [-0.1, -0.05) is 79.9 Å². The maximum Gasteiger partial charge on any atom is 0.0406 e. The maximum absolute atomic E-state index is 6.01. The average Bonchev–Trinajstić information content (AvgIpc) is 2.48. The van der Waals surface area contributed by atoms with E-state index in [9.17, 15) is 0 Å². The summed E-state index contributed by atoms with van der Waals surface area (Å²) >= 11 is 13.4. The fourth-order valence-electron chi connectivity index (χ4n) is 2.36. The van der Waals surface area contributed by atoms with Gasteiger partial charge in [-0.2, -0.15) is 0 Å². The molecule has 20 heavy (non-hydrogen) atoms. The minimum Gasteiger partial charge on any atom is -0.0918 e. The molecule has 0 aromatic heterocycles. The van der Waals surface area contributed by atoms with Gasteiger partial charge in [0, 0.05) is 21.1 Å². The summed E-state index contributed by atoms with van der Waals surface area (Å²) in [5.74, 6) is 0. The summed E-state index contributed by atoms with van der Waals surface area (Å²) in [5.41, 5.74) is 4.07. The van der Waals surface area contributed by atoms with E-state index in [0.717, 1.165) is 22.1 Å². The van der Waals surface area contributed by atoms with Gasteiger partial charge >= 0.3 is 0 Å². The molecular formula is C17H17Br2Cl. The number of rotatable bonds is 5. The summed E-state index contributed by atoms with van der Waals surface area (Å²) in [7, 11) is 0. The molecule has 2 rings (SSSR count). The van der Waals surface area contributed by atoms with E-state index in [-0.39, 0.29) is 5.41 Å². The fraction of sp³-hybridized carbons (Fsp3) is 0.294. The Kier molecular flexibility index (Phi) is 5.71. The molecule has 0 amide bonds. The third-order valence-electron chi connectivity index (χ3n) is 3.76. The predicted molar refractivity (Wildman–Crippen MR) is 95.6 cm³/mol. The van der Waals surface area contributed by atoms with E-state index in [4.69, 9.17) is 11.6 Å². The Morgan fingerprint density at radius 2 is 1.55 bits per heavy atom. The van der Waals surface area contributed by atoms with Crippen LogP contribution in [0.4, 0.5) is 0 Å². The monoisotopic (exact) mass is 414 g/mol. The van der Waals surface area contributed by atoms with E-state index in [1.54, 1.807) is 0 Å². The van der Waals surface area contributed by atoms with Gasteiger partial charge in [-0.25, -0.2) is 0 Å². The van der Waals surface area contributed by atoms with Gasteiger partial charge in [0.25, 0.3) is 0 Å². The molecule has 0 aliphatic heterocycles. The zero-order valence-corrected chi connectivity index (χ0v) is 15.3. The number of hydrogen-bond acceptors (Lipinski definition) is 0. The van der Waals surface area contributed by atoms with Crippen LogP contribution >= 0.6 is 43.5 Å². The first-order valence-electron chi connectivity index (χ1n) is 6.54. The largest absolute Gasteiger partial charge is 0.0918 e. The number of halogens is 3. The highest BCUT2D eigenvalue weighted by molar-refractivity contribution is 9.09. The van der Waals surface area contributed by atoms with Gasteiger partial charge in [0.05, 0.1) is 0 Å². The molecule has 2 aromatic carbocycles. The van der Waals surface area contributed by atoms with Crippen molar-refractivity contribution in [3.63, 3.8) is 0 Å². The predicted octanol–water partition coefficient (Wildman–Crippen LogP) is 5.92. The summed E-state index contributed by atoms with van der Waals surface area (Å²) in [6, 6.07) is 16.8. The summed E-state index contributed by atoms with van der Waals surface area (Å²) < 4.78 is 0. The molecule has 0 saturated heterocycles. The molecule has 0 unspecified atom stereocenters. The summed E-state index contributed by atoms with van der Waals surface area (Å²) in [6.45, 7) is 2.17. The van der Waals surface area contributed by atoms with Crippen molar-refractivity contribution in [2.45, 2.75) is 18.8 Å². The van der Waals surface area contributed by atoms with Crippen molar-refractivity contribution in [2.75, 3.05) is 10.7 Å². The fourth-order valence-corrected chi connectivity index (χ4v) is 4.46. The van der Waals surface area contributed by atoms with Crippen molar-refractivity contribution in [3.05, 3.63) is 70.2 Å². The smallest absolute Gasteiger partial charge is 0.0406 e. The van der Waals surface area contributed by atoms with Crippen molar-refractivity contribution < 1.29 is 0 Å². The van der Waals surface area contributed by atoms with Crippen LogP contribution in [0.15, 0.2) is 48.5 Å². The molecule has 0 heterocycles. The zero-order chi connectivity index (χ0) is 14.6. The molecule has 0 bridgehead atoms. The Balaban J connectivity index is 2.39. The number of alkyl halides is 2. The van der Waals surface area contributed by atoms with Gasteiger partial charge in [-0.05, 0) is 42.2 Å². The van der Waals surface area contributed by atoms with Gasteiger partial charge in [-0.3, -0.25) is 0 Å². The highest BCUT2D eigenvalue weighted by Gasteiger charge is 2.30. The van der Waals surface area contributed by atoms with Crippen LogP contribution in [-0.4, -0.2) is 10.7 Å². The van der Waals surface area contributed by atoms with Crippen LogP contribution in [0.3, 0.4) is 0 Å². The average molecular weight is 417 g/mol. The molecule has 0 saturated carbocycles. The Hall–Kier alpha value is -0.310. The van der Waals surface area contributed by atoms with Gasteiger partial charge in [0.2, 0.25) is 0 Å². The first-order valence-corrected chi connectivity index (χ1v) is 9.16.